The largest absolute Gasteiger partial charge is 0.396 e. The zero-order valence-electron chi connectivity index (χ0n) is 8.80. The lowest BCUT2D eigenvalue weighted by molar-refractivity contribution is 0.0811. The van der Waals surface area contributed by atoms with Gasteiger partial charge in [0.15, 0.2) is 0 Å². The molecule has 1 nitrogen and oxygen atoms in total. The number of allylic oxidation sites excluding steroid dienone is 1. The van der Waals surface area contributed by atoms with Gasteiger partial charge in [0.05, 0.1) is 0 Å². The first-order valence-corrected chi connectivity index (χ1v) is 4.67. The van der Waals surface area contributed by atoms with E-state index in [1.807, 2.05) is 6.08 Å². The van der Waals surface area contributed by atoms with Gasteiger partial charge >= 0.3 is 0 Å². The quantitative estimate of drug-likeness (QED) is 0.629. The number of hydrogen-bond donors (Lipinski definition) is 1. The maximum absolute atomic E-state index is 9.22. The van der Waals surface area contributed by atoms with E-state index in [0.29, 0.717) is 11.8 Å². The summed E-state index contributed by atoms with van der Waals surface area (Å²) < 4.78 is 0. The molecule has 0 aromatic carbocycles. The van der Waals surface area contributed by atoms with Crippen LogP contribution >= 0.6 is 0 Å². The first-order valence-electron chi connectivity index (χ1n) is 4.67. The topological polar surface area (TPSA) is 20.2 Å². The molecule has 0 aromatic heterocycles. The minimum atomic E-state index is 0.171. The van der Waals surface area contributed by atoms with Gasteiger partial charge in [-0.25, -0.2) is 0 Å². The molecule has 12 heavy (non-hydrogen) atoms. The van der Waals surface area contributed by atoms with Crippen molar-refractivity contribution in [1.29, 1.82) is 0 Å². The van der Waals surface area contributed by atoms with Crippen molar-refractivity contribution in [2.45, 2.75) is 34.1 Å². The second-order valence-electron chi connectivity index (χ2n) is 4.51. The lowest BCUT2D eigenvalue weighted by Gasteiger charge is -2.35. The molecule has 1 unspecified atom stereocenters. The van der Waals surface area contributed by atoms with Gasteiger partial charge in [-0.2, -0.15) is 0 Å². The molecule has 1 atom stereocenters. The Labute approximate surface area is 76.5 Å². The molecule has 0 bridgehead atoms. The molecule has 0 radical (unpaired) electrons. The third-order valence-corrected chi connectivity index (χ3v) is 2.68. The van der Waals surface area contributed by atoms with Crippen LogP contribution in [-0.4, -0.2) is 11.7 Å². The van der Waals surface area contributed by atoms with Gasteiger partial charge in [-0.1, -0.05) is 33.8 Å². The average molecular weight is 170 g/mol. The van der Waals surface area contributed by atoms with Crippen LogP contribution < -0.4 is 0 Å². The molecule has 0 aliphatic heterocycles. The first kappa shape index (κ1) is 11.7. The maximum atomic E-state index is 9.22. The fraction of sp³-hybridized carbons (Fsp3) is 0.818. The van der Waals surface area contributed by atoms with Gasteiger partial charge in [-0.15, -0.1) is 6.58 Å². The van der Waals surface area contributed by atoms with Crippen LogP contribution in [0.1, 0.15) is 34.1 Å². The highest BCUT2D eigenvalue weighted by Gasteiger charge is 2.29. The number of rotatable bonds is 5. The Morgan fingerprint density at radius 3 is 2.17 bits per heavy atom. The van der Waals surface area contributed by atoms with E-state index in [9.17, 15) is 5.11 Å². The molecule has 0 saturated heterocycles. The molecule has 0 aliphatic rings. The highest BCUT2D eigenvalue weighted by molar-refractivity contribution is 4.86. The summed E-state index contributed by atoms with van der Waals surface area (Å²) in [5.41, 5.74) is 0.171. The van der Waals surface area contributed by atoms with Gasteiger partial charge in [-0.3, -0.25) is 0 Å². The number of aliphatic hydroxyl groups excluding tert-OH is 1. The third kappa shape index (κ3) is 2.98. The maximum Gasteiger partial charge on any atom is 0.0466 e. The Morgan fingerprint density at radius 2 is 1.92 bits per heavy atom. The average Bonchev–Trinajstić information content (AvgIpc) is 1.86. The summed E-state index contributed by atoms with van der Waals surface area (Å²) in [6, 6.07) is 0. The molecule has 0 rings (SSSR count). The standard InChI is InChI=1S/C11H22O/c1-6-7-11(4,5)10(8-12)9(2)3/h6,9-10,12H,1,7-8H2,2-5H3. The molecule has 1 heteroatoms. The Hall–Kier alpha value is -0.300. The number of aliphatic hydroxyl groups is 1. The van der Waals surface area contributed by atoms with Crippen molar-refractivity contribution in [3.8, 4) is 0 Å². The van der Waals surface area contributed by atoms with Crippen molar-refractivity contribution in [1.82, 2.24) is 0 Å². The van der Waals surface area contributed by atoms with E-state index >= 15 is 0 Å². The molecule has 0 aromatic rings. The van der Waals surface area contributed by atoms with Gasteiger partial charge in [0.2, 0.25) is 0 Å². The van der Waals surface area contributed by atoms with Gasteiger partial charge in [0.1, 0.15) is 0 Å². The van der Waals surface area contributed by atoms with Crippen LogP contribution in [0.25, 0.3) is 0 Å². The summed E-state index contributed by atoms with van der Waals surface area (Å²) >= 11 is 0. The monoisotopic (exact) mass is 170 g/mol. The van der Waals surface area contributed by atoms with Crippen LogP contribution in [0.15, 0.2) is 12.7 Å². The van der Waals surface area contributed by atoms with Crippen molar-refractivity contribution in [3.05, 3.63) is 12.7 Å². The lowest BCUT2D eigenvalue weighted by atomic mass is 9.71. The SMILES string of the molecule is C=CCC(C)(C)C(CO)C(C)C. The van der Waals surface area contributed by atoms with Crippen LogP contribution in [0.2, 0.25) is 0 Å². The highest BCUT2D eigenvalue weighted by Crippen LogP contribution is 2.35. The fourth-order valence-electron chi connectivity index (χ4n) is 1.88. The van der Waals surface area contributed by atoms with Crippen molar-refractivity contribution in [2.24, 2.45) is 17.3 Å². The molecular weight excluding hydrogens is 148 g/mol. The molecule has 0 spiro atoms. The zero-order chi connectivity index (χ0) is 9.78. The van der Waals surface area contributed by atoms with Crippen LogP contribution in [0.3, 0.4) is 0 Å². The summed E-state index contributed by atoms with van der Waals surface area (Å²) in [5.74, 6) is 0.903. The second kappa shape index (κ2) is 4.66. The summed E-state index contributed by atoms with van der Waals surface area (Å²) in [4.78, 5) is 0. The normalized spacial score (nSPS) is 14.8. The van der Waals surface area contributed by atoms with E-state index in [1.165, 1.54) is 0 Å². The van der Waals surface area contributed by atoms with E-state index in [-0.39, 0.29) is 12.0 Å². The van der Waals surface area contributed by atoms with E-state index in [1.54, 1.807) is 0 Å². The third-order valence-electron chi connectivity index (χ3n) is 2.68. The molecule has 1 N–H and O–H groups in total. The first-order chi connectivity index (χ1) is 5.45. The second-order valence-corrected chi connectivity index (χ2v) is 4.51. The zero-order valence-corrected chi connectivity index (χ0v) is 8.80. The molecule has 0 aliphatic carbocycles. The Morgan fingerprint density at radius 1 is 1.42 bits per heavy atom. The molecular formula is C11H22O. The summed E-state index contributed by atoms with van der Waals surface area (Å²) in [6.45, 7) is 12.7. The summed E-state index contributed by atoms with van der Waals surface area (Å²) in [5, 5.41) is 9.22. The minimum Gasteiger partial charge on any atom is -0.396 e. The van der Waals surface area contributed by atoms with Crippen molar-refractivity contribution >= 4 is 0 Å². The lowest BCUT2D eigenvalue weighted by Crippen LogP contribution is -2.30. The fourth-order valence-corrected chi connectivity index (χ4v) is 1.88. The van der Waals surface area contributed by atoms with Crippen molar-refractivity contribution in [2.75, 3.05) is 6.61 Å². The van der Waals surface area contributed by atoms with Crippen LogP contribution in [-0.2, 0) is 0 Å². The predicted octanol–water partition coefficient (Wildman–Crippen LogP) is 2.85. The Balaban J connectivity index is 4.35. The molecule has 0 fully saturated rings. The Bertz CT molecular complexity index is 136. The minimum absolute atomic E-state index is 0.171. The van der Waals surface area contributed by atoms with Gasteiger partial charge in [0, 0.05) is 6.61 Å². The summed E-state index contributed by atoms with van der Waals surface area (Å²) in [6.07, 6.45) is 2.90. The van der Waals surface area contributed by atoms with Gasteiger partial charge in [-0.05, 0) is 23.7 Å². The van der Waals surface area contributed by atoms with Crippen molar-refractivity contribution < 1.29 is 5.11 Å². The number of hydrogen-bond acceptors (Lipinski definition) is 1. The molecule has 0 amide bonds. The molecule has 0 saturated carbocycles. The van der Waals surface area contributed by atoms with Crippen LogP contribution in [0, 0.1) is 17.3 Å². The smallest absolute Gasteiger partial charge is 0.0466 e. The van der Waals surface area contributed by atoms with Crippen LogP contribution in [0.5, 0.6) is 0 Å². The van der Waals surface area contributed by atoms with E-state index in [0.717, 1.165) is 6.42 Å². The van der Waals surface area contributed by atoms with E-state index in [4.69, 9.17) is 0 Å². The van der Waals surface area contributed by atoms with E-state index < -0.39 is 0 Å². The predicted molar refractivity (Wildman–Crippen MR) is 54.0 cm³/mol. The molecule has 0 heterocycles. The van der Waals surface area contributed by atoms with Crippen molar-refractivity contribution in [3.63, 3.8) is 0 Å². The summed E-state index contributed by atoms with van der Waals surface area (Å²) in [7, 11) is 0. The van der Waals surface area contributed by atoms with E-state index in [2.05, 4.69) is 34.3 Å². The highest BCUT2D eigenvalue weighted by atomic mass is 16.3. The molecule has 72 valence electrons. The van der Waals surface area contributed by atoms with Gasteiger partial charge in [0.25, 0.3) is 0 Å². The Kier molecular flexibility index (Phi) is 4.54. The van der Waals surface area contributed by atoms with Gasteiger partial charge < -0.3 is 5.11 Å². The van der Waals surface area contributed by atoms with Crippen LogP contribution in [0.4, 0.5) is 0 Å².